The van der Waals surface area contributed by atoms with Crippen LogP contribution in [0.1, 0.15) is 25.3 Å². The molecule has 1 aromatic rings. The van der Waals surface area contributed by atoms with Crippen molar-refractivity contribution in [1.82, 2.24) is 5.32 Å². The average Bonchev–Trinajstić information content (AvgIpc) is 2.30. The molecule has 1 atom stereocenters. The smallest absolute Gasteiger partial charge is 0.0664 e. The normalized spacial score (nSPS) is 11.2. The Morgan fingerprint density at radius 1 is 1.16 bits per heavy atom. The predicted molar refractivity (Wildman–Crippen MR) is 87.9 cm³/mol. The first-order valence-corrected chi connectivity index (χ1v) is 6.28. The number of hydrogen-bond donors (Lipinski definition) is 2. The Hall–Kier alpha value is -0.480. The van der Waals surface area contributed by atoms with E-state index in [1.807, 2.05) is 14.1 Å². The van der Waals surface area contributed by atoms with Gasteiger partial charge < -0.3 is 15.3 Å². The monoisotopic (exact) mass is 308 g/mol. The molecule has 0 aliphatic rings. The van der Waals surface area contributed by atoms with Crippen molar-refractivity contribution in [3.8, 4) is 0 Å². The zero-order chi connectivity index (χ0) is 12.7. The highest BCUT2D eigenvalue weighted by atomic mass is 35.5. The van der Waals surface area contributed by atoms with E-state index in [0.717, 1.165) is 19.4 Å². The second kappa shape index (κ2) is 11.4. The molecule has 0 amide bonds. The lowest BCUT2D eigenvalue weighted by atomic mass is 10.2. The quantitative estimate of drug-likeness (QED) is 0.813. The second-order valence-corrected chi connectivity index (χ2v) is 4.63. The molecule has 3 nitrogen and oxygen atoms in total. The summed E-state index contributed by atoms with van der Waals surface area (Å²) in [5, 5.41) is 12.8. The van der Waals surface area contributed by atoms with Crippen LogP contribution in [0.5, 0.6) is 0 Å². The fourth-order valence-electron chi connectivity index (χ4n) is 1.73. The van der Waals surface area contributed by atoms with Gasteiger partial charge in [0, 0.05) is 32.9 Å². The van der Waals surface area contributed by atoms with E-state index < -0.39 is 0 Å². The number of aliphatic hydroxyl groups excluding tert-OH is 1. The number of benzene rings is 1. The molecule has 0 aliphatic carbocycles. The number of aliphatic hydroxyl groups is 1. The molecular weight excluding hydrogens is 283 g/mol. The molecule has 112 valence electrons. The second-order valence-electron chi connectivity index (χ2n) is 4.63. The van der Waals surface area contributed by atoms with E-state index in [4.69, 9.17) is 0 Å². The topological polar surface area (TPSA) is 35.5 Å². The van der Waals surface area contributed by atoms with Crippen LogP contribution >= 0.6 is 24.8 Å². The summed E-state index contributed by atoms with van der Waals surface area (Å²) in [5.41, 5.74) is 2.46. The van der Waals surface area contributed by atoms with E-state index in [2.05, 4.69) is 41.4 Å². The maximum absolute atomic E-state index is 9.57. The Balaban J connectivity index is 0. The number of nitrogens with one attached hydrogen (secondary N) is 1. The highest BCUT2D eigenvalue weighted by Gasteiger charge is 2.01. The standard InChI is InChI=1S/C14H24N2O.2ClH/c1-4-5-14(17)11-15-10-12-6-8-13(9-7-12)16(2)3;;/h6-9,14-15,17H,4-5,10-11H2,1-3H3;2*1H. The number of anilines is 1. The van der Waals surface area contributed by atoms with Crippen LogP contribution in [-0.4, -0.2) is 31.9 Å². The largest absolute Gasteiger partial charge is 0.392 e. The number of nitrogens with zero attached hydrogens (tertiary/aromatic N) is 1. The van der Waals surface area contributed by atoms with Gasteiger partial charge in [-0.25, -0.2) is 0 Å². The summed E-state index contributed by atoms with van der Waals surface area (Å²) in [4.78, 5) is 2.09. The molecule has 0 radical (unpaired) electrons. The van der Waals surface area contributed by atoms with E-state index in [0.29, 0.717) is 6.54 Å². The molecule has 5 heteroatoms. The molecule has 1 aromatic carbocycles. The molecule has 0 bridgehead atoms. The van der Waals surface area contributed by atoms with Crippen molar-refractivity contribution in [1.29, 1.82) is 0 Å². The molecular formula is C14H26Cl2N2O. The van der Waals surface area contributed by atoms with Gasteiger partial charge in [0.1, 0.15) is 0 Å². The third kappa shape index (κ3) is 8.32. The van der Waals surface area contributed by atoms with Crippen LogP contribution in [0.3, 0.4) is 0 Å². The molecule has 19 heavy (non-hydrogen) atoms. The predicted octanol–water partition coefficient (Wildman–Crippen LogP) is 2.85. The molecule has 0 saturated carbocycles. The van der Waals surface area contributed by atoms with Crippen LogP contribution in [0.2, 0.25) is 0 Å². The molecule has 0 fully saturated rings. The molecule has 1 unspecified atom stereocenters. The van der Waals surface area contributed by atoms with Crippen molar-refractivity contribution in [3.05, 3.63) is 29.8 Å². The van der Waals surface area contributed by atoms with Crippen LogP contribution in [0, 0.1) is 0 Å². The summed E-state index contributed by atoms with van der Waals surface area (Å²) >= 11 is 0. The van der Waals surface area contributed by atoms with Gasteiger partial charge in [-0.05, 0) is 24.1 Å². The first-order valence-electron chi connectivity index (χ1n) is 6.28. The van der Waals surface area contributed by atoms with Crippen molar-refractivity contribution in [3.63, 3.8) is 0 Å². The van der Waals surface area contributed by atoms with Gasteiger partial charge in [0.25, 0.3) is 0 Å². The van der Waals surface area contributed by atoms with Crippen molar-refractivity contribution in [2.45, 2.75) is 32.4 Å². The molecule has 0 saturated heterocycles. The first-order chi connectivity index (χ1) is 8.13. The lowest BCUT2D eigenvalue weighted by Gasteiger charge is -2.13. The maximum Gasteiger partial charge on any atom is 0.0664 e. The van der Waals surface area contributed by atoms with Crippen LogP contribution in [0.25, 0.3) is 0 Å². The van der Waals surface area contributed by atoms with Gasteiger partial charge in [0.05, 0.1) is 6.10 Å². The summed E-state index contributed by atoms with van der Waals surface area (Å²) in [6, 6.07) is 8.46. The fraction of sp³-hybridized carbons (Fsp3) is 0.571. The van der Waals surface area contributed by atoms with E-state index in [1.165, 1.54) is 11.3 Å². The Labute approximate surface area is 129 Å². The van der Waals surface area contributed by atoms with Gasteiger partial charge >= 0.3 is 0 Å². The van der Waals surface area contributed by atoms with Crippen molar-refractivity contribution >= 4 is 30.5 Å². The maximum atomic E-state index is 9.57. The lowest BCUT2D eigenvalue weighted by molar-refractivity contribution is 0.160. The minimum absolute atomic E-state index is 0. The van der Waals surface area contributed by atoms with Gasteiger partial charge in [-0.2, -0.15) is 0 Å². The van der Waals surface area contributed by atoms with Gasteiger partial charge in [-0.1, -0.05) is 25.5 Å². The summed E-state index contributed by atoms with van der Waals surface area (Å²) in [5.74, 6) is 0. The molecule has 0 aliphatic heterocycles. The van der Waals surface area contributed by atoms with Gasteiger partial charge in [0.15, 0.2) is 0 Å². The molecule has 0 spiro atoms. The third-order valence-electron chi connectivity index (χ3n) is 2.78. The molecule has 1 rings (SSSR count). The van der Waals surface area contributed by atoms with E-state index >= 15 is 0 Å². The SMILES string of the molecule is CCCC(O)CNCc1ccc(N(C)C)cc1.Cl.Cl. The van der Waals surface area contributed by atoms with Gasteiger partial charge in [-0.15, -0.1) is 24.8 Å². The first kappa shape index (κ1) is 20.8. The molecule has 0 aromatic heterocycles. The van der Waals surface area contributed by atoms with Crippen LogP contribution in [-0.2, 0) is 6.54 Å². The Morgan fingerprint density at radius 3 is 2.21 bits per heavy atom. The van der Waals surface area contributed by atoms with Gasteiger partial charge in [-0.3, -0.25) is 0 Å². The number of rotatable bonds is 7. The van der Waals surface area contributed by atoms with Crippen LogP contribution < -0.4 is 10.2 Å². The van der Waals surface area contributed by atoms with Crippen molar-refractivity contribution < 1.29 is 5.11 Å². The average molecular weight is 309 g/mol. The highest BCUT2D eigenvalue weighted by molar-refractivity contribution is 5.85. The zero-order valence-electron chi connectivity index (χ0n) is 11.9. The van der Waals surface area contributed by atoms with Crippen LogP contribution in [0.15, 0.2) is 24.3 Å². The minimum Gasteiger partial charge on any atom is -0.392 e. The summed E-state index contributed by atoms with van der Waals surface area (Å²) in [6.45, 7) is 3.57. The number of hydrogen-bond acceptors (Lipinski definition) is 3. The lowest BCUT2D eigenvalue weighted by Crippen LogP contribution is -2.26. The molecule has 2 N–H and O–H groups in total. The van der Waals surface area contributed by atoms with Crippen molar-refractivity contribution in [2.24, 2.45) is 0 Å². The van der Waals surface area contributed by atoms with E-state index in [-0.39, 0.29) is 30.9 Å². The Kier molecular flexibility index (Phi) is 12.4. The van der Waals surface area contributed by atoms with E-state index in [9.17, 15) is 5.11 Å². The summed E-state index contributed by atoms with van der Waals surface area (Å²) in [7, 11) is 4.07. The minimum atomic E-state index is -0.221. The fourth-order valence-corrected chi connectivity index (χ4v) is 1.73. The van der Waals surface area contributed by atoms with Gasteiger partial charge in [0.2, 0.25) is 0 Å². The summed E-state index contributed by atoms with van der Waals surface area (Å²) < 4.78 is 0. The van der Waals surface area contributed by atoms with E-state index in [1.54, 1.807) is 0 Å². The highest BCUT2D eigenvalue weighted by Crippen LogP contribution is 2.11. The Morgan fingerprint density at radius 2 is 1.74 bits per heavy atom. The van der Waals surface area contributed by atoms with Crippen molar-refractivity contribution in [2.75, 3.05) is 25.5 Å². The third-order valence-corrected chi connectivity index (χ3v) is 2.78. The van der Waals surface area contributed by atoms with Crippen LogP contribution in [0.4, 0.5) is 5.69 Å². The summed E-state index contributed by atoms with van der Waals surface area (Å²) in [6.07, 6.45) is 1.67. The Bertz CT molecular complexity index is 318. The number of halogens is 2. The zero-order valence-corrected chi connectivity index (χ0v) is 13.6. The molecule has 0 heterocycles.